The Hall–Kier alpha value is -1.86. The molecule has 2 atom stereocenters. The highest BCUT2D eigenvalue weighted by atomic mass is 35.5. The maximum Gasteiger partial charge on any atom is 0.410 e. The van der Waals surface area contributed by atoms with Crippen LogP contribution in [0.3, 0.4) is 0 Å². The van der Waals surface area contributed by atoms with Crippen LogP contribution in [0.4, 0.5) is 10.6 Å². The average molecular weight is 410 g/mol. The fraction of sp³-hybridized carbons (Fsp3) is 0.556. The first-order valence-electron chi connectivity index (χ1n) is 8.96. The molecule has 2 aliphatic rings. The number of aromatic nitrogens is 3. The maximum absolute atomic E-state index is 12.6. The fourth-order valence-corrected chi connectivity index (χ4v) is 4.18. The third-order valence-corrected chi connectivity index (χ3v) is 5.22. The Morgan fingerprint density at radius 2 is 1.85 bits per heavy atom. The second-order valence-corrected chi connectivity index (χ2v) is 8.79. The summed E-state index contributed by atoms with van der Waals surface area (Å²) in [6.07, 6.45) is 3.22. The Morgan fingerprint density at radius 3 is 2.48 bits per heavy atom. The summed E-state index contributed by atoms with van der Waals surface area (Å²) in [5, 5.41) is 0.654. The minimum Gasteiger partial charge on any atom is -0.444 e. The first kappa shape index (κ1) is 18.5. The highest BCUT2D eigenvalue weighted by Crippen LogP contribution is 2.35. The van der Waals surface area contributed by atoms with Gasteiger partial charge in [0.1, 0.15) is 11.1 Å². The van der Waals surface area contributed by atoms with E-state index in [0.717, 1.165) is 12.8 Å². The van der Waals surface area contributed by atoms with Gasteiger partial charge in [-0.15, -0.1) is 0 Å². The molecule has 2 bridgehead atoms. The van der Waals surface area contributed by atoms with E-state index in [-0.39, 0.29) is 23.5 Å². The van der Waals surface area contributed by atoms with Crippen LogP contribution in [0.1, 0.15) is 33.6 Å². The van der Waals surface area contributed by atoms with Crippen LogP contribution < -0.4 is 4.90 Å². The zero-order valence-corrected chi connectivity index (χ0v) is 17.0. The molecule has 2 aliphatic heterocycles. The largest absolute Gasteiger partial charge is 0.444 e. The summed E-state index contributed by atoms with van der Waals surface area (Å²) in [4.78, 5) is 29.7. The van der Waals surface area contributed by atoms with Crippen LogP contribution in [-0.2, 0) is 4.74 Å². The average Bonchev–Trinajstić information content (AvgIpc) is 2.82. The molecule has 0 spiro atoms. The van der Waals surface area contributed by atoms with Crippen molar-refractivity contribution < 1.29 is 9.53 Å². The number of halogens is 2. The lowest BCUT2D eigenvalue weighted by atomic mass is 10.2. The molecule has 2 aromatic heterocycles. The second-order valence-electron chi connectivity index (χ2n) is 8.02. The molecular weight excluding hydrogens is 389 g/mol. The number of carbonyl (C=O) groups is 1. The molecule has 7 nitrogen and oxygen atoms in total. The predicted molar refractivity (Wildman–Crippen MR) is 104 cm³/mol. The monoisotopic (exact) mass is 409 g/mol. The predicted octanol–water partition coefficient (Wildman–Crippen LogP) is 3.92. The molecule has 4 heterocycles. The normalized spacial score (nSPS) is 22.4. The molecule has 0 N–H and O–H groups in total. The van der Waals surface area contributed by atoms with Crippen molar-refractivity contribution in [3.8, 4) is 0 Å². The summed E-state index contributed by atoms with van der Waals surface area (Å²) < 4.78 is 5.60. The van der Waals surface area contributed by atoms with E-state index in [2.05, 4.69) is 19.9 Å². The van der Waals surface area contributed by atoms with Crippen LogP contribution in [0.5, 0.6) is 0 Å². The minimum atomic E-state index is -0.507. The van der Waals surface area contributed by atoms with E-state index in [1.54, 1.807) is 12.3 Å². The van der Waals surface area contributed by atoms with Crippen molar-refractivity contribution in [2.24, 2.45) is 0 Å². The molecule has 0 radical (unpaired) electrons. The molecule has 2 fully saturated rings. The number of amides is 1. The van der Waals surface area contributed by atoms with E-state index in [1.165, 1.54) is 0 Å². The van der Waals surface area contributed by atoms with Gasteiger partial charge in [-0.1, -0.05) is 11.6 Å². The molecule has 0 unspecified atom stereocenters. The molecule has 4 rings (SSSR count). The van der Waals surface area contributed by atoms with Crippen LogP contribution in [0, 0.1) is 0 Å². The third-order valence-electron chi connectivity index (χ3n) is 4.84. The Labute approximate surface area is 167 Å². The highest BCUT2D eigenvalue weighted by molar-refractivity contribution is 6.31. The van der Waals surface area contributed by atoms with E-state index in [4.69, 9.17) is 27.9 Å². The van der Waals surface area contributed by atoms with Crippen molar-refractivity contribution >= 4 is 46.1 Å². The number of piperazine rings is 1. The number of carbonyl (C=O) groups excluding carboxylic acids is 1. The summed E-state index contributed by atoms with van der Waals surface area (Å²) in [5.41, 5.74) is 0.765. The molecule has 0 aromatic carbocycles. The van der Waals surface area contributed by atoms with Gasteiger partial charge >= 0.3 is 6.09 Å². The van der Waals surface area contributed by atoms with Crippen LogP contribution in [0.2, 0.25) is 10.3 Å². The van der Waals surface area contributed by atoms with E-state index < -0.39 is 5.60 Å². The lowest BCUT2D eigenvalue weighted by Gasteiger charge is -2.41. The minimum absolute atomic E-state index is 0.0784. The van der Waals surface area contributed by atoms with Gasteiger partial charge in [-0.3, -0.25) is 4.90 Å². The van der Waals surface area contributed by atoms with Gasteiger partial charge in [0.25, 0.3) is 0 Å². The number of fused-ring (bicyclic) bond motifs is 3. The van der Waals surface area contributed by atoms with E-state index in [9.17, 15) is 4.79 Å². The highest BCUT2D eigenvalue weighted by Gasteiger charge is 2.45. The van der Waals surface area contributed by atoms with Gasteiger partial charge in [-0.25, -0.2) is 14.8 Å². The molecule has 2 aromatic rings. The van der Waals surface area contributed by atoms with E-state index >= 15 is 0 Å². The lowest BCUT2D eigenvalue weighted by molar-refractivity contribution is 0.0123. The summed E-state index contributed by atoms with van der Waals surface area (Å²) in [6, 6.07) is 1.89. The van der Waals surface area contributed by atoms with Crippen molar-refractivity contribution in [1.82, 2.24) is 19.9 Å². The Balaban J connectivity index is 1.62. The number of hydrogen-bond acceptors (Lipinski definition) is 6. The smallest absolute Gasteiger partial charge is 0.410 e. The Bertz CT molecular complexity index is 882. The Kier molecular flexibility index (Phi) is 4.55. The molecule has 144 valence electrons. The molecular formula is C18H21Cl2N5O2. The van der Waals surface area contributed by atoms with Crippen molar-refractivity contribution in [2.45, 2.75) is 51.3 Å². The molecule has 2 saturated heterocycles. The number of rotatable bonds is 1. The van der Waals surface area contributed by atoms with Crippen LogP contribution in [0.25, 0.3) is 11.0 Å². The van der Waals surface area contributed by atoms with Gasteiger partial charge in [0, 0.05) is 19.3 Å². The van der Waals surface area contributed by atoms with Crippen LogP contribution in [0.15, 0.2) is 12.3 Å². The maximum atomic E-state index is 12.6. The molecule has 1 amide bonds. The zero-order chi connectivity index (χ0) is 19.3. The summed E-state index contributed by atoms with van der Waals surface area (Å²) in [7, 11) is 0. The van der Waals surface area contributed by atoms with Crippen LogP contribution >= 0.6 is 23.2 Å². The summed E-state index contributed by atoms with van der Waals surface area (Å²) in [5.74, 6) is 0.683. The third kappa shape index (κ3) is 3.62. The van der Waals surface area contributed by atoms with Crippen molar-refractivity contribution in [3.63, 3.8) is 0 Å². The van der Waals surface area contributed by atoms with Gasteiger partial charge in [0.05, 0.1) is 22.6 Å². The lowest BCUT2D eigenvalue weighted by Crippen LogP contribution is -2.57. The van der Waals surface area contributed by atoms with Crippen LogP contribution in [-0.4, -0.2) is 56.7 Å². The second kappa shape index (κ2) is 6.63. The standard InChI is InChI=1S/C18H21Cl2N5O2/c1-18(2,3)27-17(26)25-11-4-5-12(25)9-24(8-11)15-14-13(22-16(20)23-15)6-10(19)7-21-14/h6-7,11-12H,4-5,8-9H2,1-3H3/t11-,12+. The fourth-order valence-electron chi connectivity index (χ4n) is 3.86. The van der Waals surface area contributed by atoms with E-state index in [0.29, 0.717) is 35.0 Å². The van der Waals surface area contributed by atoms with Gasteiger partial charge in [-0.2, -0.15) is 4.98 Å². The zero-order valence-electron chi connectivity index (χ0n) is 15.4. The topological polar surface area (TPSA) is 71.5 Å². The first-order valence-corrected chi connectivity index (χ1v) is 9.72. The van der Waals surface area contributed by atoms with Gasteiger partial charge in [0.2, 0.25) is 5.28 Å². The first-order chi connectivity index (χ1) is 12.7. The quantitative estimate of drug-likeness (QED) is 0.664. The SMILES string of the molecule is CC(C)(C)OC(=O)N1[C@@H]2CC[C@H]1CN(c1nc(Cl)nc3cc(Cl)cnc13)C2. The Morgan fingerprint density at radius 1 is 1.19 bits per heavy atom. The molecule has 9 heteroatoms. The molecule has 0 aliphatic carbocycles. The number of anilines is 1. The number of nitrogens with zero attached hydrogens (tertiary/aromatic N) is 5. The molecule has 0 saturated carbocycles. The van der Waals surface area contributed by atoms with Gasteiger partial charge in [-0.05, 0) is 51.3 Å². The number of ether oxygens (including phenoxy) is 1. The summed E-state index contributed by atoms with van der Waals surface area (Å²) >= 11 is 12.2. The molecule has 27 heavy (non-hydrogen) atoms. The van der Waals surface area contributed by atoms with Crippen molar-refractivity contribution in [3.05, 3.63) is 22.6 Å². The van der Waals surface area contributed by atoms with Gasteiger partial charge < -0.3 is 9.64 Å². The van der Waals surface area contributed by atoms with E-state index in [1.807, 2.05) is 25.7 Å². The van der Waals surface area contributed by atoms with Crippen molar-refractivity contribution in [1.29, 1.82) is 0 Å². The van der Waals surface area contributed by atoms with Crippen molar-refractivity contribution in [2.75, 3.05) is 18.0 Å². The number of pyridine rings is 1. The summed E-state index contributed by atoms with van der Waals surface area (Å²) in [6.45, 7) is 6.96. The van der Waals surface area contributed by atoms with Gasteiger partial charge in [0.15, 0.2) is 5.82 Å². The number of hydrogen-bond donors (Lipinski definition) is 0.